The Kier molecular flexibility index (Phi) is 11.8. The third kappa shape index (κ3) is 12.2. The van der Waals surface area contributed by atoms with Gasteiger partial charge in [0.05, 0.1) is 0 Å². The average Bonchev–Trinajstić information content (AvgIpc) is 2.34. The highest BCUT2D eigenvalue weighted by Gasteiger charge is 2.20. The third-order valence-corrected chi connectivity index (χ3v) is 7.45. The lowest BCUT2D eigenvalue weighted by molar-refractivity contribution is 0.411. The van der Waals surface area contributed by atoms with Gasteiger partial charge in [-0.2, -0.15) is 0 Å². The SMILES string of the molecule is CCCCCCC(CCCC)[C@H](C)SSC(C)(C)C. The van der Waals surface area contributed by atoms with E-state index in [2.05, 4.69) is 63.1 Å². The van der Waals surface area contributed by atoms with Gasteiger partial charge in [-0.1, -0.05) is 102 Å². The molecule has 0 bridgehead atoms. The average molecular weight is 305 g/mol. The smallest absolute Gasteiger partial charge is 0.0179 e. The van der Waals surface area contributed by atoms with Crippen LogP contribution in [0.3, 0.4) is 0 Å². The fraction of sp³-hybridized carbons (Fsp3) is 1.00. The van der Waals surface area contributed by atoms with Crippen molar-refractivity contribution in [2.24, 2.45) is 5.92 Å². The van der Waals surface area contributed by atoms with E-state index in [1.807, 2.05) is 0 Å². The van der Waals surface area contributed by atoms with Crippen LogP contribution in [0.4, 0.5) is 0 Å². The first-order valence-electron chi connectivity index (χ1n) is 8.25. The van der Waals surface area contributed by atoms with E-state index in [-0.39, 0.29) is 0 Å². The lowest BCUT2D eigenvalue weighted by Gasteiger charge is -2.26. The molecule has 0 heterocycles. The van der Waals surface area contributed by atoms with Crippen LogP contribution in [0, 0.1) is 5.92 Å². The molecule has 0 N–H and O–H groups in total. The van der Waals surface area contributed by atoms with Gasteiger partial charge in [0.1, 0.15) is 0 Å². The molecule has 0 radical (unpaired) electrons. The second-order valence-corrected chi connectivity index (χ2v) is 10.2. The molecule has 0 rings (SSSR count). The van der Waals surface area contributed by atoms with Crippen molar-refractivity contribution in [2.45, 2.75) is 103 Å². The van der Waals surface area contributed by atoms with E-state index in [1.54, 1.807) is 0 Å². The summed E-state index contributed by atoms with van der Waals surface area (Å²) in [5.74, 6) is 0.927. The maximum atomic E-state index is 2.45. The normalized spacial score (nSPS) is 15.5. The fourth-order valence-electron chi connectivity index (χ4n) is 2.21. The van der Waals surface area contributed by atoms with Gasteiger partial charge in [0.25, 0.3) is 0 Å². The number of unbranched alkanes of at least 4 members (excludes halogenated alkanes) is 4. The van der Waals surface area contributed by atoms with Gasteiger partial charge in [-0.25, -0.2) is 0 Å². The molecule has 0 aromatic heterocycles. The van der Waals surface area contributed by atoms with Gasteiger partial charge in [0.2, 0.25) is 0 Å². The van der Waals surface area contributed by atoms with E-state index in [0.29, 0.717) is 4.75 Å². The standard InChI is InChI=1S/C17H36S2/c1-7-9-11-12-14-16(13-10-8-2)15(3)18-19-17(4,5)6/h15-16H,7-14H2,1-6H3/t15-,16?/m0/s1. The summed E-state index contributed by atoms with van der Waals surface area (Å²) in [6.07, 6.45) is 11.3. The Morgan fingerprint density at radius 3 is 1.95 bits per heavy atom. The molecule has 0 spiro atoms. The van der Waals surface area contributed by atoms with E-state index in [0.717, 1.165) is 11.2 Å². The number of hydrogen-bond donors (Lipinski definition) is 0. The van der Waals surface area contributed by atoms with Gasteiger partial charge in [0.15, 0.2) is 0 Å². The Morgan fingerprint density at radius 1 is 0.842 bits per heavy atom. The van der Waals surface area contributed by atoms with Crippen molar-refractivity contribution in [1.82, 2.24) is 0 Å². The van der Waals surface area contributed by atoms with Crippen LogP contribution < -0.4 is 0 Å². The minimum atomic E-state index is 0.385. The van der Waals surface area contributed by atoms with Crippen LogP contribution in [0.5, 0.6) is 0 Å². The molecule has 116 valence electrons. The number of rotatable bonds is 11. The van der Waals surface area contributed by atoms with Gasteiger partial charge in [-0.05, 0) is 18.8 Å². The summed E-state index contributed by atoms with van der Waals surface area (Å²) in [6, 6.07) is 0. The minimum Gasteiger partial charge on any atom is -0.0902 e. The van der Waals surface area contributed by atoms with Crippen molar-refractivity contribution >= 4 is 21.6 Å². The maximum absolute atomic E-state index is 2.45. The first kappa shape index (κ1) is 19.7. The quantitative estimate of drug-likeness (QED) is 0.289. The molecule has 2 atom stereocenters. The Balaban J connectivity index is 4.07. The zero-order chi connectivity index (χ0) is 14.7. The molecule has 0 aliphatic heterocycles. The van der Waals surface area contributed by atoms with E-state index < -0.39 is 0 Å². The molecule has 0 saturated carbocycles. The van der Waals surface area contributed by atoms with Crippen molar-refractivity contribution in [3.63, 3.8) is 0 Å². The topological polar surface area (TPSA) is 0 Å². The van der Waals surface area contributed by atoms with Crippen LogP contribution in [0.25, 0.3) is 0 Å². The van der Waals surface area contributed by atoms with E-state index in [9.17, 15) is 0 Å². The molecule has 0 aliphatic carbocycles. The Labute approximate surface area is 130 Å². The van der Waals surface area contributed by atoms with E-state index in [4.69, 9.17) is 0 Å². The van der Waals surface area contributed by atoms with E-state index in [1.165, 1.54) is 51.4 Å². The minimum absolute atomic E-state index is 0.385. The van der Waals surface area contributed by atoms with Gasteiger partial charge in [-0.15, -0.1) is 0 Å². The predicted octanol–water partition coefficient (Wildman–Crippen LogP) is 7.33. The van der Waals surface area contributed by atoms with Crippen LogP contribution in [-0.4, -0.2) is 10.00 Å². The molecule has 2 heteroatoms. The predicted molar refractivity (Wildman–Crippen MR) is 96.2 cm³/mol. The number of hydrogen-bond acceptors (Lipinski definition) is 2. The fourth-order valence-corrected chi connectivity index (χ4v) is 4.87. The molecule has 19 heavy (non-hydrogen) atoms. The Hall–Kier alpha value is 0.700. The van der Waals surface area contributed by atoms with Gasteiger partial charge < -0.3 is 0 Å². The summed E-state index contributed by atoms with van der Waals surface area (Å²) in [5, 5.41) is 0.803. The van der Waals surface area contributed by atoms with Crippen molar-refractivity contribution in [3.05, 3.63) is 0 Å². The molecular formula is C17H36S2. The van der Waals surface area contributed by atoms with Crippen molar-refractivity contribution < 1.29 is 0 Å². The third-order valence-electron chi connectivity index (χ3n) is 3.47. The molecule has 0 aromatic carbocycles. The molecule has 0 aromatic rings. The molecule has 0 fully saturated rings. The molecule has 0 saturated heterocycles. The van der Waals surface area contributed by atoms with Crippen LogP contribution >= 0.6 is 21.6 Å². The van der Waals surface area contributed by atoms with Gasteiger partial charge in [0, 0.05) is 10.00 Å². The van der Waals surface area contributed by atoms with Crippen molar-refractivity contribution in [1.29, 1.82) is 0 Å². The van der Waals surface area contributed by atoms with Crippen LogP contribution in [0.15, 0.2) is 0 Å². The summed E-state index contributed by atoms with van der Waals surface area (Å²) in [4.78, 5) is 0. The Morgan fingerprint density at radius 2 is 1.42 bits per heavy atom. The highest BCUT2D eigenvalue weighted by atomic mass is 33.1. The summed E-state index contributed by atoms with van der Waals surface area (Å²) < 4.78 is 0.385. The monoisotopic (exact) mass is 304 g/mol. The molecule has 0 nitrogen and oxygen atoms in total. The van der Waals surface area contributed by atoms with Gasteiger partial charge in [-0.3, -0.25) is 0 Å². The highest BCUT2D eigenvalue weighted by Crippen LogP contribution is 2.42. The zero-order valence-corrected chi connectivity index (χ0v) is 15.8. The second-order valence-electron chi connectivity index (χ2n) is 6.75. The molecule has 0 amide bonds. The zero-order valence-electron chi connectivity index (χ0n) is 14.1. The molecular weight excluding hydrogens is 268 g/mol. The van der Waals surface area contributed by atoms with Crippen molar-refractivity contribution in [2.75, 3.05) is 0 Å². The van der Waals surface area contributed by atoms with Crippen LogP contribution in [-0.2, 0) is 0 Å². The summed E-state index contributed by atoms with van der Waals surface area (Å²) in [5.41, 5.74) is 0. The highest BCUT2D eigenvalue weighted by molar-refractivity contribution is 8.77. The first-order valence-corrected chi connectivity index (χ1v) is 10.5. The van der Waals surface area contributed by atoms with Gasteiger partial charge >= 0.3 is 0 Å². The summed E-state index contributed by atoms with van der Waals surface area (Å²) in [6.45, 7) is 14.0. The summed E-state index contributed by atoms with van der Waals surface area (Å²) in [7, 11) is 4.19. The van der Waals surface area contributed by atoms with E-state index >= 15 is 0 Å². The van der Waals surface area contributed by atoms with Crippen LogP contribution in [0.2, 0.25) is 0 Å². The van der Waals surface area contributed by atoms with Crippen molar-refractivity contribution in [3.8, 4) is 0 Å². The molecule has 1 unspecified atom stereocenters. The lowest BCUT2D eigenvalue weighted by Crippen LogP contribution is -2.15. The largest absolute Gasteiger partial charge is 0.0902 e. The lowest BCUT2D eigenvalue weighted by atomic mass is 9.92. The molecule has 0 aliphatic rings. The first-order chi connectivity index (χ1) is 8.90. The second kappa shape index (κ2) is 11.4. The Bertz CT molecular complexity index is 196. The van der Waals surface area contributed by atoms with Crippen LogP contribution in [0.1, 0.15) is 92.9 Å². The maximum Gasteiger partial charge on any atom is 0.0179 e. The summed E-state index contributed by atoms with van der Waals surface area (Å²) >= 11 is 0.